The first-order valence-electron chi connectivity index (χ1n) is 3.54. The van der Waals surface area contributed by atoms with Crippen LogP contribution < -0.4 is 11.5 Å². The molecule has 0 aromatic heterocycles. The summed E-state index contributed by atoms with van der Waals surface area (Å²) in [6, 6.07) is 3.32. The summed E-state index contributed by atoms with van der Waals surface area (Å²) in [5, 5.41) is 0. The summed E-state index contributed by atoms with van der Waals surface area (Å²) in [5.41, 5.74) is 12.9. The molecular formula is C8H9BrN2O2. The zero-order chi connectivity index (χ0) is 10.0. The quantitative estimate of drug-likeness (QED) is 0.737. The minimum Gasteiger partial charge on any atom is -0.397 e. The molecule has 0 fully saturated rings. The first kappa shape index (κ1) is 9.85. The minimum absolute atomic E-state index is 0.245. The van der Waals surface area contributed by atoms with E-state index in [0.29, 0.717) is 5.69 Å². The van der Waals surface area contributed by atoms with Crippen molar-refractivity contribution < 1.29 is 8.62 Å². The monoisotopic (exact) mass is 244 g/mol. The Balaban J connectivity index is 3.28. The molecule has 0 radical (unpaired) electrons. The molecule has 0 saturated carbocycles. The van der Waals surface area contributed by atoms with Gasteiger partial charge in [0.15, 0.2) is 16.3 Å². The lowest BCUT2D eigenvalue weighted by molar-refractivity contribution is 0.0783. The van der Waals surface area contributed by atoms with Crippen LogP contribution >= 0.6 is 16.3 Å². The van der Waals surface area contributed by atoms with Crippen LogP contribution in [0.5, 0.6) is 0 Å². The maximum Gasteiger partial charge on any atom is 0.351 e. The lowest BCUT2D eigenvalue weighted by Gasteiger charge is -2.06. The van der Waals surface area contributed by atoms with E-state index in [-0.39, 0.29) is 11.3 Å². The van der Waals surface area contributed by atoms with Gasteiger partial charge in [-0.1, -0.05) is 0 Å². The summed E-state index contributed by atoms with van der Waals surface area (Å²) < 4.78 is 4.37. The fraction of sp³-hybridized carbons (Fsp3) is 0.125. The second kappa shape index (κ2) is 3.66. The van der Waals surface area contributed by atoms with Gasteiger partial charge in [-0.3, -0.25) is 0 Å². The van der Waals surface area contributed by atoms with Gasteiger partial charge in [0.05, 0.1) is 16.9 Å². The molecule has 0 aliphatic rings. The molecule has 0 heterocycles. The molecule has 0 aliphatic heterocycles. The average Bonchev–Trinajstić information content (AvgIpc) is 2.10. The summed E-state index contributed by atoms with van der Waals surface area (Å²) in [5.74, 6) is -0.548. The van der Waals surface area contributed by atoms with Gasteiger partial charge in [0.1, 0.15) is 0 Å². The minimum atomic E-state index is -0.548. The van der Waals surface area contributed by atoms with Gasteiger partial charge in [0, 0.05) is 0 Å². The smallest absolute Gasteiger partial charge is 0.351 e. The topological polar surface area (TPSA) is 78.3 Å². The highest BCUT2D eigenvalue weighted by atomic mass is 79.9. The Kier molecular flexibility index (Phi) is 2.77. The van der Waals surface area contributed by atoms with Crippen molar-refractivity contribution in [1.29, 1.82) is 0 Å². The van der Waals surface area contributed by atoms with Crippen molar-refractivity contribution in [2.24, 2.45) is 0 Å². The largest absolute Gasteiger partial charge is 0.397 e. The number of carbonyl (C=O) groups excluding carboxylic acids is 1. The number of hydrogen-bond donors (Lipinski definition) is 2. The Morgan fingerprint density at radius 1 is 1.46 bits per heavy atom. The molecule has 0 unspecified atom stereocenters. The van der Waals surface area contributed by atoms with Gasteiger partial charge < -0.3 is 15.3 Å². The summed E-state index contributed by atoms with van der Waals surface area (Å²) in [6.07, 6.45) is 0. The lowest BCUT2D eigenvalue weighted by atomic mass is 10.1. The Morgan fingerprint density at radius 3 is 2.62 bits per heavy atom. The maximum absolute atomic E-state index is 11.1. The van der Waals surface area contributed by atoms with Crippen LogP contribution in [0, 0.1) is 6.92 Å². The van der Waals surface area contributed by atoms with Crippen LogP contribution in [0.4, 0.5) is 11.4 Å². The molecule has 4 N–H and O–H groups in total. The molecule has 70 valence electrons. The summed E-state index contributed by atoms with van der Waals surface area (Å²) in [7, 11) is 0. The van der Waals surface area contributed by atoms with Crippen molar-refractivity contribution in [3.63, 3.8) is 0 Å². The third kappa shape index (κ3) is 1.92. The highest BCUT2D eigenvalue weighted by Gasteiger charge is 2.13. The number of benzene rings is 1. The Labute approximate surface area is 84.3 Å². The van der Waals surface area contributed by atoms with Crippen LogP contribution in [-0.4, -0.2) is 5.97 Å². The molecule has 1 rings (SSSR count). The van der Waals surface area contributed by atoms with Crippen LogP contribution in [0.1, 0.15) is 15.9 Å². The van der Waals surface area contributed by atoms with E-state index in [1.165, 1.54) is 0 Å². The predicted molar refractivity (Wildman–Crippen MR) is 54.3 cm³/mol. The van der Waals surface area contributed by atoms with Crippen molar-refractivity contribution in [2.45, 2.75) is 6.92 Å². The average molecular weight is 245 g/mol. The van der Waals surface area contributed by atoms with Crippen molar-refractivity contribution in [1.82, 2.24) is 0 Å². The van der Waals surface area contributed by atoms with E-state index in [0.717, 1.165) is 5.56 Å². The molecule has 1 aromatic rings. The van der Waals surface area contributed by atoms with Crippen LogP contribution in [0.25, 0.3) is 0 Å². The van der Waals surface area contributed by atoms with Gasteiger partial charge >= 0.3 is 5.97 Å². The summed E-state index contributed by atoms with van der Waals surface area (Å²) in [6.45, 7) is 1.82. The number of anilines is 2. The van der Waals surface area contributed by atoms with Gasteiger partial charge in [-0.2, -0.15) is 0 Å². The Morgan fingerprint density at radius 2 is 2.08 bits per heavy atom. The molecule has 4 nitrogen and oxygen atoms in total. The van der Waals surface area contributed by atoms with Gasteiger partial charge in [-0.05, 0) is 24.6 Å². The molecule has 0 bridgehead atoms. The molecule has 0 atom stereocenters. The number of carbonyl (C=O) groups is 1. The first-order valence-corrected chi connectivity index (χ1v) is 4.19. The van der Waals surface area contributed by atoms with Crippen molar-refractivity contribution in [2.75, 3.05) is 11.5 Å². The van der Waals surface area contributed by atoms with Gasteiger partial charge in [0.25, 0.3) is 0 Å². The zero-order valence-electron chi connectivity index (χ0n) is 7.00. The lowest BCUT2D eigenvalue weighted by Crippen LogP contribution is -2.06. The van der Waals surface area contributed by atoms with Gasteiger partial charge in [0.2, 0.25) is 0 Å². The van der Waals surface area contributed by atoms with Gasteiger partial charge in [-0.25, -0.2) is 4.79 Å². The van der Waals surface area contributed by atoms with Crippen molar-refractivity contribution in [3.05, 3.63) is 23.3 Å². The van der Waals surface area contributed by atoms with Gasteiger partial charge in [-0.15, -0.1) is 0 Å². The maximum atomic E-state index is 11.1. The third-order valence-corrected chi connectivity index (χ3v) is 1.94. The number of rotatable bonds is 1. The van der Waals surface area contributed by atoms with Crippen LogP contribution in [-0.2, 0) is 3.83 Å². The zero-order valence-corrected chi connectivity index (χ0v) is 8.59. The summed E-state index contributed by atoms with van der Waals surface area (Å²) in [4.78, 5) is 11.1. The molecule has 13 heavy (non-hydrogen) atoms. The molecular weight excluding hydrogens is 236 g/mol. The molecule has 0 aliphatic carbocycles. The highest BCUT2D eigenvalue weighted by molar-refractivity contribution is 9.06. The fourth-order valence-electron chi connectivity index (χ4n) is 1.04. The number of nitrogen functional groups attached to an aromatic ring is 2. The number of nitrogens with two attached hydrogens (primary N) is 2. The van der Waals surface area contributed by atoms with E-state index in [4.69, 9.17) is 11.5 Å². The van der Waals surface area contributed by atoms with E-state index in [2.05, 4.69) is 20.1 Å². The molecule has 0 amide bonds. The van der Waals surface area contributed by atoms with E-state index in [9.17, 15) is 4.79 Å². The standard InChI is InChI=1S/C8H9BrN2O2/c1-4-2-5(8(12)13-9)7(11)6(10)3-4/h2-3H,10-11H2,1H3. The van der Waals surface area contributed by atoms with E-state index < -0.39 is 5.97 Å². The van der Waals surface area contributed by atoms with E-state index in [1.807, 2.05) is 6.92 Å². The van der Waals surface area contributed by atoms with Crippen molar-refractivity contribution in [3.8, 4) is 0 Å². The van der Waals surface area contributed by atoms with E-state index in [1.54, 1.807) is 12.1 Å². The number of hydrogen-bond acceptors (Lipinski definition) is 4. The van der Waals surface area contributed by atoms with Crippen LogP contribution in [0.15, 0.2) is 12.1 Å². The Bertz CT molecular complexity index is 352. The fourth-order valence-corrected chi connectivity index (χ4v) is 1.21. The second-order valence-corrected chi connectivity index (χ2v) is 3.00. The number of aryl methyl sites for hydroxylation is 1. The number of halogens is 1. The van der Waals surface area contributed by atoms with Crippen LogP contribution in [0.2, 0.25) is 0 Å². The third-order valence-electron chi connectivity index (χ3n) is 1.65. The summed E-state index contributed by atoms with van der Waals surface area (Å²) >= 11 is 2.59. The normalized spacial score (nSPS) is 9.69. The van der Waals surface area contributed by atoms with Crippen LogP contribution in [0.3, 0.4) is 0 Å². The van der Waals surface area contributed by atoms with E-state index >= 15 is 0 Å². The molecule has 1 aromatic carbocycles. The molecule has 0 saturated heterocycles. The predicted octanol–water partition coefficient (Wildman–Crippen LogP) is 1.63. The first-order chi connectivity index (χ1) is 6.06. The SMILES string of the molecule is Cc1cc(N)c(N)c(C(=O)OBr)c1. The van der Waals surface area contributed by atoms with Crippen molar-refractivity contribution >= 4 is 33.6 Å². The molecule has 0 spiro atoms. The second-order valence-electron chi connectivity index (χ2n) is 2.68. The molecule has 5 heteroatoms. The Hall–Kier alpha value is -1.23. The highest BCUT2D eigenvalue weighted by Crippen LogP contribution is 2.23.